The molecule has 2 amide bonds. The first-order valence-corrected chi connectivity index (χ1v) is 6.33. The Morgan fingerprint density at radius 3 is 2.84 bits per heavy atom. The monoisotopic (exact) mass is 280 g/mol. The number of hydrogen-bond acceptors (Lipinski definition) is 5. The van der Waals surface area contributed by atoms with Crippen molar-refractivity contribution < 1.29 is 19.1 Å². The molecule has 1 aromatic rings. The van der Waals surface area contributed by atoms with Crippen LogP contribution in [0.4, 0.5) is 15.5 Å². The zero-order valence-corrected chi connectivity index (χ0v) is 11.2. The Hall–Kier alpha value is -2.15. The van der Waals surface area contributed by atoms with E-state index < -0.39 is 12.1 Å². The van der Waals surface area contributed by atoms with E-state index in [0.717, 1.165) is 17.6 Å². The van der Waals surface area contributed by atoms with E-state index in [1.165, 1.54) is 11.8 Å². The van der Waals surface area contributed by atoms with Gasteiger partial charge in [-0.05, 0) is 19.9 Å². The topological polar surface area (TPSA) is 75.7 Å². The van der Waals surface area contributed by atoms with Gasteiger partial charge in [0.15, 0.2) is 5.78 Å². The SMILES string of the molecule is C=COC(=O)N1c2sc(C(C)=O)cc2NC(=O)[C@@H]1C. The summed E-state index contributed by atoms with van der Waals surface area (Å²) >= 11 is 1.14. The summed E-state index contributed by atoms with van der Waals surface area (Å²) in [5, 5.41) is 3.15. The first-order chi connectivity index (χ1) is 8.95. The van der Waals surface area contributed by atoms with Crippen LogP contribution in [0.5, 0.6) is 0 Å². The number of ketones is 1. The highest BCUT2D eigenvalue weighted by Gasteiger charge is 2.36. The van der Waals surface area contributed by atoms with Gasteiger partial charge >= 0.3 is 6.09 Å². The highest BCUT2D eigenvalue weighted by molar-refractivity contribution is 7.19. The van der Waals surface area contributed by atoms with Gasteiger partial charge in [0.2, 0.25) is 5.91 Å². The quantitative estimate of drug-likeness (QED) is 0.666. The largest absolute Gasteiger partial charge is 0.420 e. The summed E-state index contributed by atoms with van der Waals surface area (Å²) in [7, 11) is 0. The lowest BCUT2D eigenvalue weighted by molar-refractivity contribution is -0.117. The average Bonchev–Trinajstić information content (AvgIpc) is 2.74. The smallest absolute Gasteiger partial charge is 0.419 e. The summed E-state index contributed by atoms with van der Waals surface area (Å²) in [5.41, 5.74) is 0.444. The molecular weight excluding hydrogens is 268 g/mol. The van der Waals surface area contributed by atoms with Crippen LogP contribution in [0.25, 0.3) is 0 Å². The fourth-order valence-electron chi connectivity index (χ4n) is 1.72. The molecule has 1 aromatic heterocycles. The lowest BCUT2D eigenvalue weighted by atomic mass is 10.2. The van der Waals surface area contributed by atoms with Gasteiger partial charge in [0, 0.05) is 0 Å². The van der Waals surface area contributed by atoms with Crippen molar-refractivity contribution in [1.29, 1.82) is 0 Å². The number of ether oxygens (including phenoxy) is 1. The number of Topliss-reactive ketones (excluding diaryl/α,β-unsaturated/α-hetero) is 1. The molecule has 0 aliphatic carbocycles. The van der Waals surface area contributed by atoms with Crippen LogP contribution in [0, 0.1) is 0 Å². The molecule has 0 radical (unpaired) electrons. The number of carbonyl (C=O) groups is 3. The molecule has 1 aliphatic rings. The standard InChI is InChI=1S/C12H12N2O4S/c1-4-18-12(17)14-6(2)10(16)13-8-5-9(7(3)15)19-11(8)14/h4-6H,1H2,2-3H3,(H,13,16)/t6-/m0/s1. The summed E-state index contributed by atoms with van der Waals surface area (Å²) in [5.74, 6) is -0.459. The molecule has 7 heteroatoms. The molecule has 0 saturated heterocycles. The fraction of sp³-hybridized carbons (Fsp3) is 0.250. The second-order valence-corrected chi connectivity index (χ2v) is 5.00. The van der Waals surface area contributed by atoms with Gasteiger partial charge in [-0.15, -0.1) is 11.3 Å². The maximum atomic E-state index is 11.9. The normalized spacial score (nSPS) is 17.5. The van der Waals surface area contributed by atoms with E-state index in [1.807, 2.05) is 0 Å². The number of hydrogen-bond donors (Lipinski definition) is 1. The molecule has 2 heterocycles. The highest BCUT2D eigenvalue weighted by Crippen LogP contribution is 2.40. The maximum absolute atomic E-state index is 11.9. The Labute approximate surface area is 113 Å². The van der Waals surface area contributed by atoms with Crippen LogP contribution in [0.2, 0.25) is 0 Å². The van der Waals surface area contributed by atoms with Gasteiger partial charge in [-0.25, -0.2) is 4.79 Å². The molecule has 2 rings (SSSR count). The fourth-order valence-corrected chi connectivity index (χ4v) is 2.80. The van der Waals surface area contributed by atoms with Crippen molar-refractivity contribution in [2.75, 3.05) is 10.2 Å². The molecule has 1 N–H and O–H groups in total. The third-order valence-corrected chi connectivity index (χ3v) is 3.92. The van der Waals surface area contributed by atoms with Crippen LogP contribution in [-0.2, 0) is 9.53 Å². The molecule has 0 aromatic carbocycles. The highest BCUT2D eigenvalue weighted by atomic mass is 32.1. The zero-order chi connectivity index (χ0) is 14.2. The van der Waals surface area contributed by atoms with Crippen molar-refractivity contribution in [3.63, 3.8) is 0 Å². The van der Waals surface area contributed by atoms with Crippen molar-refractivity contribution >= 4 is 39.8 Å². The summed E-state index contributed by atoms with van der Waals surface area (Å²) in [6.07, 6.45) is 0.302. The van der Waals surface area contributed by atoms with Crippen LogP contribution >= 0.6 is 11.3 Å². The number of nitrogens with zero attached hydrogens (tertiary/aromatic N) is 1. The van der Waals surface area contributed by atoms with E-state index >= 15 is 0 Å². The molecule has 1 atom stereocenters. The molecule has 19 heavy (non-hydrogen) atoms. The Kier molecular flexibility index (Phi) is 3.39. The van der Waals surface area contributed by atoms with Crippen molar-refractivity contribution in [3.05, 3.63) is 23.8 Å². The molecular formula is C12H12N2O4S. The van der Waals surface area contributed by atoms with Gasteiger partial charge in [-0.1, -0.05) is 6.58 Å². The van der Waals surface area contributed by atoms with Crippen molar-refractivity contribution in [1.82, 2.24) is 0 Å². The number of anilines is 2. The van der Waals surface area contributed by atoms with Crippen LogP contribution in [0.3, 0.4) is 0 Å². The van der Waals surface area contributed by atoms with Gasteiger partial charge in [0.1, 0.15) is 11.0 Å². The van der Waals surface area contributed by atoms with Gasteiger partial charge in [0.25, 0.3) is 0 Å². The minimum absolute atomic E-state index is 0.127. The predicted molar refractivity (Wildman–Crippen MR) is 71.6 cm³/mol. The molecule has 0 bridgehead atoms. The lowest BCUT2D eigenvalue weighted by Crippen LogP contribution is -2.48. The third kappa shape index (κ3) is 2.24. The molecule has 0 spiro atoms. The Balaban J connectivity index is 2.48. The Morgan fingerprint density at radius 1 is 1.58 bits per heavy atom. The Morgan fingerprint density at radius 2 is 2.26 bits per heavy atom. The van der Waals surface area contributed by atoms with E-state index in [4.69, 9.17) is 4.74 Å². The first-order valence-electron chi connectivity index (χ1n) is 5.52. The van der Waals surface area contributed by atoms with Crippen molar-refractivity contribution in [3.8, 4) is 0 Å². The minimum Gasteiger partial charge on any atom is -0.419 e. The van der Waals surface area contributed by atoms with E-state index in [9.17, 15) is 14.4 Å². The van der Waals surface area contributed by atoms with E-state index in [-0.39, 0.29) is 11.7 Å². The first kappa shape index (κ1) is 13.3. The van der Waals surface area contributed by atoms with Gasteiger partial charge in [-0.3, -0.25) is 14.5 Å². The summed E-state index contributed by atoms with van der Waals surface area (Å²) in [4.78, 5) is 36.7. The van der Waals surface area contributed by atoms with Crippen molar-refractivity contribution in [2.24, 2.45) is 0 Å². The van der Waals surface area contributed by atoms with Gasteiger partial charge in [-0.2, -0.15) is 0 Å². The molecule has 1 aliphatic heterocycles. The molecule has 0 saturated carbocycles. The number of rotatable bonds is 2. The second kappa shape index (κ2) is 4.85. The Bertz CT molecular complexity index is 578. The van der Waals surface area contributed by atoms with Crippen LogP contribution in [-0.4, -0.2) is 23.8 Å². The van der Waals surface area contributed by atoms with Gasteiger partial charge in [0.05, 0.1) is 16.8 Å². The number of fused-ring (bicyclic) bond motifs is 1. The van der Waals surface area contributed by atoms with Crippen LogP contribution in [0.15, 0.2) is 18.9 Å². The average molecular weight is 280 g/mol. The summed E-state index contributed by atoms with van der Waals surface area (Å²) in [6, 6.07) is 0.846. The lowest BCUT2D eigenvalue weighted by Gasteiger charge is -2.30. The molecule has 100 valence electrons. The summed E-state index contributed by atoms with van der Waals surface area (Å²) < 4.78 is 4.72. The van der Waals surface area contributed by atoms with Crippen molar-refractivity contribution in [2.45, 2.75) is 19.9 Å². The minimum atomic E-state index is -0.710. The third-order valence-electron chi connectivity index (χ3n) is 2.68. The zero-order valence-electron chi connectivity index (χ0n) is 10.4. The number of carbonyl (C=O) groups excluding carboxylic acids is 3. The van der Waals surface area contributed by atoms with Crippen LogP contribution < -0.4 is 10.2 Å². The van der Waals surface area contributed by atoms with Crippen LogP contribution in [0.1, 0.15) is 23.5 Å². The summed E-state index contributed by atoms with van der Waals surface area (Å²) in [6.45, 7) is 6.31. The number of amides is 2. The molecule has 6 nitrogen and oxygen atoms in total. The van der Waals surface area contributed by atoms with Gasteiger partial charge < -0.3 is 10.1 Å². The van der Waals surface area contributed by atoms with E-state index in [0.29, 0.717) is 15.6 Å². The second-order valence-electron chi connectivity index (χ2n) is 3.97. The van der Waals surface area contributed by atoms with E-state index in [2.05, 4.69) is 11.9 Å². The number of thiophene rings is 1. The molecule has 0 fully saturated rings. The maximum Gasteiger partial charge on any atom is 0.420 e. The molecule has 0 unspecified atom stereocenters. The predicted octanol–water partition coefficient (Wildman–Crippen LogP) is 2.38. The number of nitrogens with one attached hydrogen (secondary N) is 1. The van der Waals surface area contributed by atoms with E-state index in [1.54, 1.807) is 13.0 Å².